The van der Waals surface area contributed by atoms with Gasteiger partial charge >= 0.3 is 0 Å². The lowest BCUT2D eigenvalue weighted by Crippen LogP contribution is -2.50. The number of rotatable bonds is 11. The van der Waals surface area contributed by atoms with Gasteiger partial charge in [-0.3, -0.25) is 0 Å². The van der Waals surface area contributed by atoms with Crippen LogP contribution >= 0.6 is 0 Å². The summed E-state index contributed by atoms with van der Waals surface area (Å²) >= 11 is 0. The highest BCUT2D eigenvalue weighted by atomic mass is 16.6. The maximum absolute atomic E-state index is 9.95. The molecule has 126 valence electrons. The summed E-state index contributed by atoms with van der Waals surface area (Å²) < 4.78 is 10.7. The molecule has 0 bridgehead atoms. The Morgan fingerprint density at radius 3 is 2.24 bits per heavy atom. The molecule has 0 aromatic heterocycles. The predicted molar refractivity (Wildman–Crippen MR) is 80.9 cm³/mol. The fourth-order valence-electron chi connectivity index (χ4n) is 2.70. The fourth-order valence-corrected chi connectivity index (χ4v) is 2.70. The van der Waals surface area contributed by atoms with Gasteiger partial charge in [0.15, 0.2) is 6.29 Å². The van der Waals surface area contributed by atoms with Crippen molar-refractivity contribution in [3.05, 3.63) is 0 Å². The van der Waals surface area contributed by atoms with Crippen LogP contribution in [0.3, 0.4) is 0 Å². The number of aliphatic hydroxyl groups excluding tert-OH is 3. The topological polar surface area (TPSA) is 79.2 Å². The molecule has 1 saturated heterocycles. The van der Waals surface area contributed by atoms with E-state index in [1.54, 1.807) is 0 Å². The number of hydrogen-bond donors (Lipinski definition) is 3. The van der Waals surface area contributed by atoms with Crippen molar-refractivity contribution in [1.29, 1.82) is 0 Å². The molecular weight excluding hydrogens is 272 g/mol. The van der Waals surface area contributed by atoms with Gasteiger partial charge in [0, 0.05) is 13.0 Å². The molecule has 4 atom stereocenters. The van der Waals surface area contributed by atoms with Crippen LogP contribution in [0.1, 0.15) is 64.7 Å². The van der Waals surface area contributed by atoms with Gasteiger partial charge in [-0.1, -0.05) is 51.9 Å². The van der Waals surface area contributed by atoms with E-state index >= 15 is 0 Å². The highest BCUT2D eigenvalue weighted by Crippen LogP contribution is 2.21. The van der Waals surface area contributed by atoms with E-state index in [0.717, 1.165) is 12.8 Å². The molecule has 2 unspecified atom stereocenters. The molecule has 0 aromatic carbocycles. The van der Waals surface area contributed by atoms with Gasteiger partial charge in [0.1, 0.15) is 12.2 Å². The molecule has 0 radical (unpaired) electrons. The van der Waals surface area contributed by atoms with Crippen molar-refractivity contribution in [2.24, 2.45) is 0 Å². The molecule has 5 heteroatoms. The Morgan fingerprint density at radius 2 is 1.62 bits per heavy atom. The summed E-state index contributed by atoms with van der Waals surface area (Å²) in [5.74, 6) is 0. The molecule has 1 fully saturated rings. The lowest BCUT2D eigenvalue weighted by Gasteiger charge is -2.36. The van der Waals surface area contributed by atoms with Crippen molar-refractivity contribution < 1.29 is 24.8 Å². The van der Waals surface area contributed by atoms with Crippen LogP contribution in [-0.2, 0) is 9.47 Å². The fraction of sp³-hybridized carbons (Fsp3) is 1.00. The van der Waals surface area contributed by atoms with Crippen molar-refractivity contribution >= 4 is 0 Å². The van der Waals surface area contributed by atoms with Crippen molar-refractivity contribution in [2.75, 3.05) is 13.2 Å². The second-order valence-corrected chi connectivity index (χ2v) is 5.92. The molecule has 0 saturated carbocycles. The van der Waals surface area contributed by atoms with Gasteiger partial charge in [0.05, 0.1) is 12.7 Å². The van der Waals surface area contributed by atoms with Gasteiger partial charge in [-0.25, -0.2) is 0 Å². The Hall–Kier alpha value is -0.200. The zero-order valence-corrected chi connectivity index (χ0v) is 13.2. The van der Waals surface area contributed by atoms with Crippen LogP contribution in [0.25, 0.3) is 0 Å². The highest BCUT2D eigenvalue weighted by Gasteiger charge is 2.37. The summed E-state index contributed by atoms with van der Waals surface area (Å²) in [4.78, 5) is 0. The Morgan fingerprint density at radius 1 is 1.00 bits per heavy atom. The number of aliphatic hydroxyl groups is 3. The lowest BCUT2D eigenvalue weighted by atomic mass is 10.0. The Kier molecular flexibility index (Phi) is 10.2. The molecule has 1 aliphatic rings. The zero-order valence-electron chi connectivity index (χ0n) is 13.2. The van der Waals surface area contributed by atoms with Gasteiger partial charge in [-0.15, -0.1) is 0 Å². The average Bonchev–Trinajstić information content (AvgIpc) is 2.48. The Bertz CT molecular complexity index is 249. The highest BCUT2D eigenvalue weighted by molar-refractivity contribution is 4.83. The van der Waals surface area contributed by atoms with E-state index in [-0.39, 0.29) is 13.0 Å². The molecular formula is C16H32O5. The molecule has 3 N–H and O–H groups in total. The first-order valence-electron chi connectivity index (χ1n) is 8.43. The molecule has 1 rings (SSSR count). The van der Waals surface area contributed by atoms with Crippen molar-refractivity contribution in [2.45, 2.75) is 89.3 Å². The minimum Gasteiger partial charge on any atom is -0.394 e. The van der Waals surface area contributed by atoms with Gasteiger partial charge in [0.25, 0.3) is 0 Å². The molecule has 0 aliphatic carbocycles. The van der Waals surface area contributed by atoms with E-state index in [2.05, 4.69) is 6.92 Å². The van der Waals surface area contributed by atoms with Crippen LogP contribution in [0, 0.1) is 0 Å². The van der Waals surface area contributed by atoms with Crippen LogP contribution in [-0.4, -0.2) is 53.1 Å². The quantitative estimate of drug-likeness (QED) is 0.509. The molecule has 0 amide bonds. The third-order valence-electron chi connectivity index (χ3n) is 4.04. The molecule has 21 heavy (non-hydrogen) atoms. The second kappa shape index (κ2) is 11.4. The van der Waals surface area contributed by atoms with Gasteiger partial charge in [0.2, 0.25) is 0 Å². The number of hydrogen-bond acceptors (Lipinski definition) is 5. The minimum atomic E-state index is -0.964. The molecule has 5 nitrogen and oxygen atoms in total. The third kappa shape index (κ3) is 7.56. The van der Waals surface area contributed by atoms with Crippen molar-refractivity contribution in [3.8, 4) is 0 Å². The number of unbranched alkanes of at least 4 members (excludes halogenated alkanes) is 7. The van der Waals surface area contributed by atoms with Crippen LogP contribution < -0.4 is 0 Å². The van der Waals surface area contributed by atoms with Gasteiger partial charge in [-0.2, -0.15) is 0 Å². The van der Waals surface area contributed by atoms with Crippen molar-refractivity contribution in [3.63, 3.8) is 0 Å². The first kappa shape index (κ1) is 18.8. The molecule has 0 spiro atoms. The largest absolute Gasteiger partial charge is 0.394 e. The molecule has 1 heterocycles. The normalized spacial score (nSPS) is 29.7. The molecule has 1 aliphatic heterocycles. The summed E-state index contributed by atoms with van der Waals surface area (Å²) in [5.41, 5.74) is 0. The van der Waals surface area contributed by atoms with E-state index in [4.69, 9.17) is 14.6 Å². The van der Waals surface area contributed by atoms with Crippen LogP contribution in [0.5, 0.6) is 0 Å². The summed E-state index contributed by atoms with van der Waals surface area (Å²) in [6.45, 7) is 2.50. The van der Waals surface area contributed by atoms with E-state index in [1.165, 1.54) is 38.5 Å². The maximum Gasteiger partial charge on any atom is 0.157 e. The summed E-state index contributed by atoms with van der Waals surface area (Å²) in [5, 5.41) is 28.5. The SMILES string of the molecule is CCCCCCCCCCOC1C[C@@H](O)OC(CO)[C@H]1O. The summed E-state index contributed by atoms with van der Waals surface area (Å²) in [6, 6.07) is 0. The minimum absolute atomic E-state index is 0.259. The van der Waals surface area contributed by atoms with E-state index < -0.39 is 24.6 Å². The first-order valence-corrected chi connectivity index (χ1v) is 8.43. The van der Waals surface area contributed by atoms with Crippen LogP contribution in [0.4, 0.5) is 0 Å². The third-order valence-corrected chi connectivity index (χ3v) is 4.04. The monoisotopic (exact) mass is 304 g/mol. The smallest absolute Gasteiger partial charge is 0.157 e. The predicted octanol–water partition coefficient (Wildman–Crippen LogP) is 1.97. The Labute approximate surface area is 128 Å². The zero-order chi connectivity index (χ0) is 15.5. The van der Waals surface area contributed by atoms with E-state index in [9.17, 15) is 10.2 Å². The van der Waals surface area contributed by atoms with E-state index in [1.807, 2.05) is 0 Å². The average molecular weight is 304 g/mol. The maximum atomic E-state index is 9.95. The Balaban J connectivity index is 2.03. The summed E-state index contributed by atoms with van der Waals surface area (Å²) in [7, 11) is 0. The first-order chi connectivity index (χ1) is 10.2. The molecule has 0 aromatic rings. The van der Waals surface area contributed by atoms with Gasteiger partial charge < -0.3 is 24.8 Å². The number of ether oxygens (including phenoxy) is 2. The standard InChI is InChI=1S/C16H32O5/c1-2-3-4-5-6-7-8-9-10-20-13-11-15(18)21-14(12-17)16(13)19/h13-19H,2-12H2,1H3/t13?,14?,15-,16-/m0/s1. The van der Waals surface area contributed by atoms with E-state index in [0.29, 0.717) is 6.61 Å². The van der Waals surface area contributed by atoms with Crippen LogP contribution in [0.15, 0.2) is 0 Å². The van der Waals surface area contributed by atoms with Gasteiger partial charge in [-0.05, 0) is 6.42 Å². The summed E-state index contributed by atoms with van der Waals surface area (Å²) in [6.07, 6.45) is 7.11. The van der Waals surface area contributed by atoms with Crippen LogP contribution in [0.2, 0.25) is 0 Å². The van der Waals surface area contributed by atoms with Crippen molar-refractivity contribution in [1.82, 2.24) is 0 Å². The lowest BCUT2D eigenvalue weighted by molar-refractivity contribution is -0.247. The second-order valence-electron chi connectivity index (χ2n) is 5.92.